The molecule has 148 heavy (non-hydrogen) atoms. The Morgan fingerprint density at radius 3 is 0.818 bits per heavy atom. The largest absolute Gasteiger partial charge is 0.495 e. The van der Waals surface area contributed by atoms with Crippen LogP contribution in [-0.4, -0.2) is 179 Å². The van der Waals surface area contributed by atoms with E-state index < -0.39 is 88.9 Å². The van der Waals surface area contributed by atoms with Crippen molar-refractivity contribution in [2.75, 3.05) is 63.0 Å². The topological polar surface area (TPSA) is 469 Å². The average molecular weight is 2530 g/mol. The van der Waals surface area contributed by atoms with E-state index >= 15 is 0 Å². The van der Waals surface area contributed by atoms with Crippen LogP contribution in [0.2, 0.25) is 0 Å². The molecule has 6 heterocycles. The number of halogens is 6. The molecule has 1 fully saturated rings. The molecular formula is C102H100Br6N6O28S6. The van der Waals surface area contributed by atoms with Gasteiger partial charge in [0.2, 0.25) is 0 Å². The first-order valence-corrected chi connectivity index (χ1v) is 58.9. The zero-order chi connectivity index (χ0) is 108. The van der Waals surface area contributed by atoms with Gasteiger partial charge in [-0.15, -0.1) is 0 Å². The maximum absolute atomic E-state index is 12.9. The molecule has 1 aliphatic rings. The minimum Gasteiger partial charge on any atom is -0.495 e. The first-order valence-electron chi connectivity index (χ1n) is 44.2. The molecule has 6 aromatic heterocycles. The van der Waals surface area contributed by atoms with Crippen LogP contribution in [0.5, 0.6) is 40.2 Å². The van der Waals surface area contributed by atoms with Gasteiger partial charge in [-0.3, -0.25) is 29.9 Å². The number of esters is 5. The van der Waals surface area contributed by atoms with Gasteiger partial charge in [0.1, 0.15) is 75.7 Å². The summed E-state index contributed by atoms with van der Waals surface area (Å²) in [6.07, 6.45) is 22.7. The van der Waals surface area contributed by atoms with Crippen LogP contribution in [0.1, 0.15) is 143 Å². The van der Waals surface area contributed by atoms with E-state index in [1.165, 1.54) is 179 Å². The summed E-state index contributed by atoms with van der Waals surface area (Å²) >= 11 is 19.6. The quantitative estimate of drug-likeness (QED) is 0.0205. The molecule has 0 N–H and O–H groups in total. The van der Waals surface area contributed by atoms with Gasteiger partial charge in [0.05, 0.1) is 125 Å². The monoisotopic (exact) mass is 2520 g/mol. The van der Waals surface area contributed by atoms with Gasteiger partial charge >= 0.3 is 29.8 Å². The van der Waals surface area contributed by atoms with E-state index in [-0.39, 0.29) is 133 Å². The second-order valence-corrected chi connectivity index (χ2v) is 49.1. The lowest BCUT2D eigenvalue weighted by Crippen LogP contribution is -2.21. The number of methoxy groups -OCH3 is 7. The Balaban J connectivity index is 0.000000198. The number of carbonyl (C=O) groups is 5. The van der Waals surface area contributed by atoms with Crippen molar-refractivity contribution < 1.29 is 127 Å². The number of para-hydroxylation sites is 1. The third-order valence-electron chi connectivity index (χ3n) is 20.7. The van der Waals surface area contributed by atoms with Crippen LogP contribution >= 0.6 is 95.6 Å². The molecule has 1 saturated carbocycles. The van der Waals surface area contributed by atoms with Gasteiger partial charge in [0.25, 0.3) is 0 Å². The second kappa shape index (κ2) is 56.7. The van der Waals surface area contributed by atoms with Gasteiger partial charge in [-0.25, -0.2) is 74.5 Å². The summed E-state index contributed by atoms with van der Waals surface area (Å²) in [5, 5.41) is 0. The lowest BCUT2D eigenvalue weighted by molar-refractivity contribution is 0.0209. The van der Waals surface area contributed by atoms with Crippen molar-refractivity contribution in [3.8, 4) is 40.2 Å². The smallest absolute Gasteiger partial charge is 0.345 e. The molecular weight excluding hydrogens is 2430 g/mol. The summed E-state index contributed by atoms with van der Waals surface area (Å²) in [5.41, 5.74) is 4.60. The minimum absolute atomic E-state index is 0.0571. The van der Waals surface area contributed by atoms with Gasteiger partial charge < -0.3 is 52.1 Å². The number of pyridine rings is 6. The van der Waals surface area contributed by atoms with Gasteiger partial charge in [-0.2, -0.15) is 0 Å². The highest BCUT2D eigenvalue weighted by Gasteiger charge is 2.30. The normalized spacial score (nSPS) is 11.9. The molecule has 0 bridgehead atoms. The Hall–Kier alpha value is -11.8. The van der Waals surface area contributed by atoms with Crippen LogP contribution in [0.3, 0.4) is 0 Å². The van der Waals surface area contributed by atoms with Crippen molar-refractivity contribution in [2.45, 2.75) is 129 Å². The molecule has 13 aromatic rings. The number of hydrogen-bond donors (Lipinski definition) is 0. The molecule has 0 radical (unpaired) electrons. The first kappa shape index (κ1) is 120. The minimum atomic E-state index is -3.73. The number of ether oxygens (including phenoxy) is 11. The summed E-state index contributed by atoms with van der Waals surface area (Å²) in [6, 6.07) is 46.5. The highest BCUT2D eigenvalue weighted by Crippen LogP contribution is 2.38. The molecule has 14 rings (SSSR count). The number of hydrogen-bond acceptors (Lipinski definition) is 34. The maximum atomic E-state index is 12.9. The summed E-state index contributed by atoms with van der Waals surface area (Å²) in [7, 11) is -12.2. The number of sulfone groups is 6. The predicted molar refractivity (Wildman–Crippen MR) is 571 cm³/mol. The molecule has 34 nitrogen and oxygen atoms in total. The molecule has 1 aliphatic carbocycles. The van der Waals surface area contributed by atoms with Gasteiger partial charge in [-0.05, 0) is 237 Å². The SMILES string of the molecule is CCCOC(=O)c1cncc(CS(=O)(=O)c2cc(Br)ccc2OC)c1.CCOC(=O)c1cncc(CS(=O)(=O)c2cc(Br)ccc2OC)c1.COC(=O)c1cncc(CS(=O)(=O)c2cc(Br)ccc2OC)c1.COc1ccc(Br)cc1S(=O)(=O)Cc1cncc(C(=O)OC2CCCCC2)c1.COc1ccc(Br)cc1S(=O)(=O)Cc1cncc(C(=O)Oc2ccccc2)c1.COc1ccc(Br)cc1S(=O)(=O)Cc1cncc(C)c1. The Bertz CT molecular complexity index is 7640. The van der Waals surface area contributed by atoms with Crippen molar-refractivity contribution in [3.63, 3.8) is 0 Å². The Morgan fingerprint density at radius 1 is 0.297 bits per heavy atom. The van der Waals surface area contributed by atoms with Crippen LogP contribution < -0.4 is 33.2 Å². The summed E-state index contributed by atoms with van der Waals surface area (Å²) < 4.78 is 213. The predicted octanol–water partition coefficient (Wildman–Crippen LogP) is 20.5. The second-order valence-electron chi connectivity index (χ2n) is 31.8. The van der Waals surface area contributed by atoms with Crippen LogP contribution in [0.25, 0.3) is 0 Å². The Morgan fingerprint density at radius 2 is 0.554 bits per heavy atom. The molecule has 0 spiro atoms. The number of rotatable bonds is 34. The van der Waals surface area contributed by atoms with Crippen molar-refractivity contribution in [1.29, 1.82) is 0 Å². The highest BCUT2D eigenvalue weighted by molar-refractivity contribution is 9.11. The number of aromatic nitrogens is 6. The lowest BCUT2D eigenvalue weighted by atomic mass is 9.98. The van der Waals surface area contributed by atoms with Gasteiger partial charge in [0, 0.05) is 101 Å². The molecule has 0 atom stereocenters. The van der Waals surface area contributed by atoms with Crippen molar-refractivity contribution in [2.24, 2.45) is 0 Å². The van der Waals surface area contributed by atoms with Crippen LogP contribution in [0, 0.1) is 6.92 Å². The maximum Gasteiger partial charge on any atom is 0.345 e. The van der Waals surface area contributed by atoms with E-state index in [1.807, 2.05) is 19.9 Å². The first-order chi connectivity index (χ1) is 70.3. The number of benzene rings is 7. The number of carbonyl (C=O) groups excluding carboxylic acids is 5. The molecule has 0 saturated heterocycles. The van der Waals surface area contributed by atoms with E-state index in [4.69, 9.17) is 47.4 Å². The molecule has 0 amide bonds. The highest BCUT2D eigenvalue weighted by atomic mass is 79.9. The van der Waals surface area contributed by atoms with Crippen molar-refractivity contribution in [1.82, 2.24) is 29.9 Å². The fraction of sp³-hybridized carbons (Fsp3) is 0.245. The van der Waals surface area contributed by atoms with E-state index in [1.54, 1.807) is 129 Å². The third-order valence-corrected chi connectivity index (χ3v) is 33.8. The zero-order valence-electron chi connectivity index (χ0n) is 81.0. The van der Waals surface area contributed by atoms with Gasteiger partial charge in [-0.1, -0.05) is 133 Å². The molecule has 0 aliphatic heterocycles. The molecule has 0 unspecified atom stereocenters. The molecule has 784 valence electrons. The van der Waals surface area contributed by atoms with Crippen LogP contribution in [-0.2, 0) is 112 Å². The Labute approximate surface area is 908 Å². The standard InChI is InChI=1S/C20H22BrNO5S.C20H16BrNO5S.C17H18BrNO5S.C16H16BrNO5S.C15H14BrNO5S.C14H14BrNO3S/c2*1-26-18-8-7-16(21)10-19(18)28(24,25)13-14-9-15(12-22-11-14)20(23)27-17-5-3-2-4-6-17;1-3-6-24-17(20)13-7-12(9-19-10-13)11-25(21,22)16-8-14(18)4-5-15(16)23-2;1-3-23-16(19)12-6-11(8-18-9-12)10-24(20,21)15-7-13(17)4-5-14(15)22-2;1-21-13-4-3-12(16)6-14(13)23(19,20)9-10-5-11(8-17-7-10)15(18)22-2;1-10-5-11(8-16-7-10)9-20(17,18)14-6-12(15)3-4-13(14)19-2/h7-12,17H,2-6,13H2,1H3;2-12H,13H2,1H3;4-5,7-10H,3,6,11H2,1-2H3;4-9H,3,10H2,1-2H3;3-8H,9H2,1-2H3;3-8H,9H2,1-2H3. The van der Waals surface area contributed by atoms with E-state index in [0.717, 1.165) is 31.2 Å². The molecule has 7 aromatic carbocycles. The van der Waals surface area contributed by atoms with E-state index in [9.17, 15) is 74.5 Å². The van der Waals surface area contributed by atoms with Crippen LogP contribution in [0.15, 0.2) is 306 Å². The average Bonchev–Trinajstić information content (AvgIpc) is 0.828. The number of nitrogens with zero attached hydrogens (tertiary/aromatic N) is 6. The summed E-state index contributed by atoms with van der Waals surface area (Å²) in [5.74, 6) is -2.33. The van der Waals surface area contributed by atoms with Crippen molar-refractivity contribution >= 4 is 184 Å². The Kier molecular flexibility index (Phi) is 45.9. The third kappa shape index (κ3) is 36.0. The summed E-state index contributed by atoms with van der Waals surface area (Å²) in [6.45, 7) is 6.00. The molecule has 46 heteroatoms. The zero-order valence-corrected chi connectivity index (χ0v) is 95.4. The van der Waals surface area contributed by atoms with E-state index in [2.05, 4.69) is 130 Å². The fourth-order valence-electron chi connectivity index (χ4n) is 13.9. The number of aryl methyl sites for hydroxylation is 1. The lowest BCUT2D eigenvalue weighted by Gasteiger charge is -2.21. The van der Waals surface area contributed by atoms with Crippen molar-refractivity contribution in [3.05, 3.63) is 344 Å². The summed E-state index contributed by atoms with van der Waals surface area (Å²) in [4.78, 5) is 84.2. The van der Waals surface area contributed by atoms with Crippen LogP contribution in [0.4, 0.5) is 0 Å². The van der Waals surface area contributed by atoms with E-state index in [0.29, 0.717) is 84.7 Å². The van der Waals surface area contributed by atoms with Gasteiger partial charge in [0.15, 0.2) is 59.0 Å². The fourth-order valence-corrected chi connectivity index (χ4v) is 26.1.